The number of thiocarbonyl (C=S) groups is 1. The number of rotatable bonds is 1. The molecule has 0 amide bonds. The molecule has 1 N–H and O–H groups in total. The van der Waals surface area contributed by atoms with Crippen LogP contribution in [0.5, 0.6) is 0 Å². The van der Waals surface area contributed by atoms with Gasteiger partial charge in [-0.15, -0.1) is 0 Å². The van der Waals surface area contributed by atoms with Crippen LogP contribution in [0.15, 0.2) is 36.0 Å². The standard InChI is InChI=1S/C8H8S.C2H7N/c9-7-8-5-3-1-2-4-6-8;1-3-2/h1-5,7H,6H2;3H,1-2H3. The first-order chi connectivity index (χ1) is 5.85. The predicted octanol–water partition coefficient (Wildman–Crippen LogP) is 2.26. The van der Waals surface area contributed by atoms with Gasteiger partial charge in [0.15, 0.2) is 0 Å². The first-order valence-electron chi connectivity index (χ1n) is 3.91. The van der Waals surface area contributed by atoms with E-state index in [0.717, 1.165) is 6.42 Å². The van der Waals surface area contributed by atoms with E-state index in [0.29, 0.717) is 0 Å². The van der Waals surface area contributed by atoms with Gasteiger partial charge >= 0.3 is 0 Å². The largest absolute Gasteiger partial charge is 0.323 e. The lowest BCUT2D eigenvalue weighted by molar-refractivity contribution is 1.02. The van der Waals surface area contributed by atoms with Gasteiger partial charge in [-0.1, -0.05) is 42.6 Å². The van der Waals surface area contributed by atoms with E-state index in [2.05, 4.69) is 11.4 Å². The minimum Gasteiger partial charge on any atom is -0.323 e. The second kappa shape index (κ2) is 8.37. The SMILES string of the molecule is CNC.S=CC1=CC=CC=CC1. The summed E-state index contributed by atoms with van der Waals surface area (Å²) in [5.74, 6) is 0. The number of allylic oxidation sites excluding steroid dienone is 6. The Morgan fingerprint density at radius 2 is 2.00 bits per heavy atom. The molecule has 0 fully saturated rings. The van der Waals surface area contributed by atoms with Crippen LogP contribution in [0.3, 0.4) is 0 Å². The van der Waals surface area contributed by atoms with Gasteiger partial charge in [0.1, 0.15) is 0 Å². The molecule has 0 aromatic rings. The van der Waals surface area contributed by atoms with Gasteiger partial charge in [-0.05, 0) is 26.1 Å². The highest BCUT2D eigenvalue weighted by molar-refractivity contribution is 7.79. The van der Waals surface area contributed by atoms with Crippen molar-refractivity contribution in [2.24, 2.45) is 0 Å². The average molecular weight is 181 g/mol. The monoisotopic (exact) mass is 181 g/mol. The Morgan fingerprint density at radius 1 is 1.33 bits per heavy atom. The Labute approximate surface area is 79.9 Å². The molecule has 0 radical (unpaired) electrons. The first kappa shape index (κ1) is 11.3. The van der Waals surface area contributed by atoms with E-state index in [9.17, 15) is 0 Å². The van der Waals surface area contributed by atoms with Crippen molar-refractivity contribution in [1.82, 2.24) is 5.32 Å². The molecule has 0 saturated heterocycles. The second-order valence-corrected chi connectivity index (χ2v) is 2.61. The zero-order valence-corrected chi connectivity index (χ0v) is 8.40. The van der Waals surface area contributed by atoms with Crippen LogP contribution in [0.4, 0.5) is 0 Å². The fraction of sp³-hybridized carbons (Fsp3) is 0.300. The quantitative estimate of drug-likeness (QED) is 0.623. The van der Waals surface area contributed by atoms with E-state index < -0.39 is 0 Å². The molecular formula is C10H15NS. The van der Waals surface area contributed by atoms with E-state index in [1.165, 1.54) is 5.57 Å². The number of hydrogen-bond donors (Lipinski definition) is 1. The molecule has 1 nitrogen and oxygen atoms in total. The molecule has 0 heterocycles. The fourth-order valence-electron chi connectivity index (χ4n) is 0.681. The molecule has 1 aliphatic rings. The first-order valence-corrected chi connectivity index (χ1v) is 4.38. The van der Waals surface area contributed by atoms with E-state index in [1.807, 2.05) is 38.4 Å². The maximum absolute atomic E-state index is 4.77. The van der Waals surface area contributed by atoms with Gasteiger partial charge in [0.25, 0.3) is 0 Å². The van der Waals surface area contributed by atoms with Crippen LogP contribution in [0.2, 0.25) is 0 Å². The van der Waals surface area contributed by atoms with Crippen LogP contribution in [0.25, 0.3) is 0 Å². The molecule has 1 aliphatic carbocycles. The van der Waals surface area contributed by atoms with Crippen molar-refractivity contribution >= 4 is 17.6 Å². The summed E-state index contributed by atoms with van der Waals surface area (Å²) in [5.41, 5.74) is 1.20. The molecule has 0 aromatic heterocycles. The van der Waals surface area contributed by atoms with Gasteiger partial charge in [0, 0.05) is 5.37 Å². The predicted molar refractivity (Wildman–Crippen MR) is 59.6 cm³/mol. The van der Waals surface area contributed by atoms with Crippen LogP contribution >= 0.6 is 12.2 Å². The van der Waals surface area contributed by atoms with E-state index in [-0.39, 0.29) is 0 Å². The molecule has 0 bridgehead atoms. The summed E-state index contributed by atoms with van der Waals surface area (Å²) in [5, 5.41) is 4.47. The van der Waals surface area contributed by atoms with Crippen LogP contribution < -0.4 is 5.32 Å². The average Bonchev–Trinajstić information content (AvgIpc) is 2.33. The third-order valence-corrected chi connectivity index (χ3v) is 1.48. The van der Waals surface area contributed by atoms with Crippen molar-refractivity contribution in [1.29, 1.82) is 0 Å². The summed E-state index contributed by atoms with van der Waals surface area (Å²) >= 11 is 4.77. The van der Waals surface area contributed by atoms with Crippen molar-refractivity contribution in [3.8, 4) is 0 Å². The zero-order chi connectivity index (χ0) is 9.23. The fourth-order valence-corrected chi connectivity index (χ4v) is 0.856. The van der Waals surface area contributed by atoms with Crippen molar-refractivity contribution in [2.45, 2.75) is 6.42 Å². The third kappa shape index (κ3) is 6.01. The smallest absolute Gasteiger partial charge is 0.00487 e. The van der Waals surface area contributed by atoms with Crippen LogP contribution in [0.1, 0.15) is 6.42 Å². The third-order valence-electron chi connectivity index (χ3n) is 1.17. The maximum Gasteiger partial charge on any atom is 0.00487 e. The molecule has 0 spiro atoms. The molecule has 0 unspecified atom stereocenters. The molecule has 66 valence electrons. The lowest BCUT2D eigenvalue weighted by atomic mass is 10.2. The van der Waals surface area contributed by atoms with E-state index >= 15 is 0 Å². The molecule has 2 heteroatoms. The summed E-state index contributed by atoms with van der Waals surface area (Å²) in [6.45, 7) is 0. The summed E-state index contributed by atoms with van der Waals surface area (Å²) in [4.78, 5) is 0. The van der Waals surface area contributed by atoms with Gasteiger partial charge in [0.2, 0.25) is 0 Å². The van der Waals surface area contributed by atoms with E-state index in [4.69, 9.17) is 12.2 Å². The Kier molecular flexibility index (Phi) is 7.86. The lowest BCUT2D eigenvalue weighted by Gasteiger charge is -1.88. The molecule has 0 atom stereocenters. The molecule has 0 saturated carbocycles. The Morgan fingerprint density at radius 3 is 2.58 bits per heavy atom. The second-order valence-electron chi connectivity index (χ2n) is 2.38. The summed E-state index contributed by atoms with van der Waals surface area (Å²) < 4.78 is 0. The number of hydrogen-bond acceptors (Lipinski definition) is 2. The Bertz CT molecular complexity index is 202. The molecule has 1 rings (SSSR count). The highest BCUT2D eigenvalue weighted by Crippen LogP contribution is 2.03. The van der Waals surface area contributed by atoms with Crippen molar-refractivity contribution in [3.05, 3.63) is 36.0 Å². The van der Waals surface area contributed by atoms with Crippen LogP contribution in [0, 0.1) is 0 Å². The van der Waals surface area contributed by atoms with E-state index in [1.54, 1.807) is 5.37 Å². The summed E-state index contributed by atoms with van der Waals surface area (Å²) in [7, 11) is 3.75. The minimum absolute atomic E-state index is 0.969. The molecule has 0 aromatic carbocycles. The Balaban J connectivity index is 0.000000354. The van der Waals surface area contributed by atoms with Gasteiger partial charge in [-0.2, -0.15) is 0 Å². The zero-order valence-electron chi connectivity index (χ0n) is 7.58. The number of nitrogens with one attached hydrogen (secondary N) is 1. The molecule has 12 heavy (non-hydrogen) atoms. The highest BCUT2D eigenvalue weighted by Gasteiger charge is 1.87. The van der Waals surface area contributed by atoms with Crippen LogP contribution in [-0.2, 0) is 0 Å². The normalized spacial score (nSPS) is 14.0. The summed E-state index contributed by atoms with van der Waals surface area (Å²) in [6.07, 6.45) is 11.1. The highest BCUT2D eigenvalue weighted by atomic mass is 32.1. The van der Waals surface area contributed by atoms with Gasteiger partial charge in [-0.25, -0.2) is 0 Å². The van der Waals surface area contributed by atoms with Gasteiger partial charge in [0.05, 0.1) is 0 Å². The minimum atomic E-state index is 0.969. The van der Waals surface area contributed by atoms with Gasteiger partial charge < -0.3 is 5.32 Å². The molecule has 0 aliphatic heterocycles. The van der Waals surface area contributed by atoms with Gasteiger partial charge in [-0.3, -0.25) is 0 Å². The van der Waals surface area contributed by atoms with Crippen molar-refractivity contribution in [3.63, 3.8) is 0 Å². The maximum atomic E-state index is 4.77. The summed E-state index contributed by atoms with van der Waals surface area (Å²) in [6, 6.07) is 0. The topological polar surface area (TPSA) is 12.0 Å². The van der Waals surface area contributed by atoms with Crippen molar-refractivity contribution < 1.29 is 0 Å². The Hall–Kier alpha value is -0.730. The van der Waals surface area contributed by atoms with Crippen molar-refractivity contribution in [2.75, 3.05) is 14.1 Å². The van der Waals surface area contributed by atoms with Crippen LogP contribution in [-0.4, -0.2) is 19.5 Å². The lowest BCUT2D eigenvalue weighted by Crippen LogP contribution is -1.89. The molecular weight excluding hydrogens is 166 g/mol.